The number of hydrogen-bond donors (Lipinski definition) is 2. The van der Waals surface area contributed by atoms with E-state index in [1.807, 2.05) is 6.07 Å². The number of nitrogens with one attached hydrogen (secondary N) is 1. The molecule has 6 nitrogen and oxygen atoms in total. The lowest BCUT2D eigenvalue weighted by atomic mass is 10.1. The average molecular weight is 385 g/mol. The van der Waals surface area contributed by atoms with Crippen molar-refractivity contribution in [2.24, 2.45) is 0 Å². The van der Waals surface area contributed by atoms with Crippen LogP contribution in [0.3, 0.4) is 0 Å². The van der Waals surface area contributed by atoms with E-state index >= 15 is 0 Å². The highest BCUT2D eigenvalue weighted by atomic mass is 32.2. The Morgan fingerprint density at radius 2 is 2.15 bits per heavy atom. The number of thioether (sulfide) groups is 2. The van der Waals surface area contributed by atoms with Crippen molar-refractivity contribution in [3.8, 4) is 0 Å². The highest BCUT2D eigenvalue weighted by molar-refractivity contribution is 7.99. The molecule has 0 aliphatic carbocycles. The van der Waals surface area contributed by atoms with Gasteiger partial charge in [-0.1, -0.05) is 47.8 Å². The van der Waals surface area contributed by atoms with Crippen molar-refractivity contribution in [2.45, 2.75) is 36.1 Å². The van der Waals surface area contributed by atoms with Gasteiger partial charge in [0.2, 0.25) is 0 Å². The highest BCUT2D eigenvalue weighted by Gasteiger charge is 2.14. The maximum absolute atomic E-state index is 5.96. The maximum Gasteiger partial charge on any atom is 0.191 e. The number of anilines is 2. The van der Waals surface area contributed by atoms with Gasteiger partial charge in [0, 0.05) is 30.3 Å². The van der Waals surface area contributed by atoms with E-state index < -0.39 is 0 Å². The Hall–Kier alpha value is -2.19. The molecule has 1 aliphatic heterocycles. The van der Waals surface area contributed by atoms with Crippen LogP contribution >= 0.6 is 23.5 Å². The molecule has 0 saturated heterocycles. The molecule has 0 bridgehead atoms. The second-order valence-corrected chi connectivity index (χ2v) is 8.09. The molecule has 1 aliphatic rings. The number of nitrogen functional groups attached to an aromatic ring is 1. The Balaban J connectivity index is 1.41. The largest absolute Gasteiger partial charge is 0.383 e. The average Bonchev–Trinajstić information content (AvgIpc) is 3.20. The van der Waals surface area contributed by atoms with Gasteiger partial charge in [-0.3, -0.25) is 0 Å². The number of rotatable bonds is 6. The van der Waals surface area contributed by atoms with E-state index in [-0.39, 0.29) is 0 Å². The van der Waals surface area contributed by atoms with Crippen molar-refractivity contribution in [1.29, 1.82) is 0 Å². The number of aromatic nitrogens is 4. The van der Waals surface area contributed by atoms with Crippen LogP contribution in [0.5, 0.6) is 0 Å². The van der Waals surface area contributed by atoms with Gasteiger partial charge in [0.05, 0.1) is 12.2 Å². The summed E-state index contributed by atoms with van der Waals surface area (Å²) >= 11 is 3.39. The summed E-state index contributed by atoms with van der Waals surface area (Å²) in [6, 6.07) is 10.1. The topological polar surface area (TPSA) is 81.6 Å². The lowest BCUT2D eigenvalue weighted by molar-refractivity contribution is 0.719. The van der Waals surface area contributed by atoms with Gasteiger partial charge in [0.1, 0.15) is 11.6 Å². The van der Waals surface area contributed by atoms with Gasteiger partial charge in [0.15, 0.2) is 10.3 Å². The molecule has 1 aromatic carbocycles. The van der Waals surface area contributed by atoms with Crippen molar-refractivity contribution in [1.82, 2.24) is 19.5 Å². The summed E-state index contributed by atoms with van der Waals surface area (Å²) in [7, 11) is 0. The maximum atomic E-state index is 5.96. The number of fused-ring (bicyclic) bond motifs is 1. The minimum Gasteiger partial charge on any atom is -0.383 e. The van der Waals surface area contributed by atoms with Crippen LogP contribution in [-0.4, -0.2) is 25.3 Å². The lowest BCUT2D eigenvalue weighted by Crippen LogP contribution is -2.05. The van der Waals surface area contributed by atoms with Gasteiger partial charge in [-0.05, 0) is 18.1 Å². The molecule has 0 radical (unpaired) electrons. The molecule has 134 valence electrons. The zero-order valence-electron chi connectivity index (χ0n) is 14.5. The van der Waals surface area contributed by atoms with Crippen molar-refractivity contribution < 1.29 is 0 Å². The molecule has 0 atom stereocenters. The summed E-state index contributed by atoms with van der Waals surface area (Å²) in [5, 5.41) is 5.09. The summed E-state index contributed by atoms with van der Waals surface area (Å²) < 4.78 is 2.19. The molecule has 0 spiro atoms. The van der Waals surface area contributed by atoms with Crippen molar-refractivity contribution in [3.63, 3.8) is 0 Å². The van der Waals surface area contributed by atoms with E-state index in [9.17, 15) is 0 Å². The Kier molecular flexibility index (Phi) is 5.03. The number of benzene rings is 1. The summed E-state index contributed by atoms with van der Waals surface area (Å²) in [5.41, 5.74) is 9.52. The van der Waals surface area contributed by atoms with Gasteiger partial charge < -0.3 is 15.6 Å². The molecule has 0 unspecified atom stereocenters. The standard InChI is InChI=1S/C18H20N6S2/c1-12-4-2-3-5-13(12)11-26-17-22-15(19)8-16(23-17)20-9-14-10-24-6-7-25-18(24)21-14/h2-5,8,10H,6-7,9,11H2,1H3,(H3,19,20,22,23). The van der Waals surface area contributed by atoms with Crippen LogP contribution in [0.1, 0.15) is 16.8 Å². The molecule has 0 fully saturated rings. The molecule has 8 heteroatoms. The fourth-order valence-corrected chi connectivity index (χ4v) is 4.64. The quantitative estimate of drug-likeness (QED) is 0.496. The van der Waals surface area contributed by atoms with Crippen LogP contribution in [0.2, 0.25) is 0 Å². The lowest BCUT2D eigenvalue weighted by Gasteiger charge is -2.08. The summed E-state index contributed by atoms with van der Waals surface area (Å²) in [6.07, 6.45) is 2.10. The van der Waals surface area contributed by atoms with Gasteiger partial charge in [-0.15, -0.1) is 0 Å². The smallest absolute Gasteiger partial charge is 0.191 e. The number of hydrogen-bond acceptors (Lipinski definition) is 7. The Bertz CT molecular complexity index is 902. The van der Waals surface area contributed by atoms with E-state index in [0.29, 0.717) is 17.5 Å². The molecule has 0 saturated carbocycles. The third-order valence-corrected chi connectivity index (χ3v) is 6.01. The van der Waals surface area contributed by atoms with Gasteiger partial charge in [-0.25, -0.2) is 15.0 Å². The Morgan fingerprint density at radius 1 is 1.27 bits per heavy atom. The number of imidazole rings is 1. The minimum atomic E-state index is 0.470. The van der Waals surface area contributed by atoms with E-state index in [2.05, 4.69) is 56.2 Å². The molecule has 3 heterocycles. The summed E-state index contributed by atoms with van der Waals surface area (Å²) in [5.74, 6) is 3.13. The van der Waals surface area contributed by atoms with E-state index in [4.69, 9.17) is 5.73 Å². The highest BCUT2D eigenvalue weighted by Crippen LogP contribution is 2.26. The molecular weight excluding hydrogens is 364 g/mol. The first-order valence-electron chi connectivity index (χ1n) is 8.42. The number of nitrogens with zero attached hydrogens (tertiary/aromatic N) is 4. The fourth-order valence-electron chi connectivity index (χ4n) is 2.74. The second-order valence-electron chi connectivity index (χ2n) is 6.09. The molecule has 3 aromatic rings. The first kappa shape index (κ1) is 17.2. The van der Waals surface area contributed by atoms with Crippen molar-refractivity contribution in [3.05, 3.63) is 53.3 Å². The first-order chi connectivity index (χ1) is 12.7. The zero-order chi connectivity index (χ0) is 17.9. The van der Waals surface area contributed by atoms with Gasteiger partial charge >= 0.3 is 0 Å². The molecule has 3 N–H and O–H groups in total. The second kappa shape index (κ2) is 7.59. The van der Waals surface area contributed by atoms with Crippen LogP contribution in [-0.2, 0) is 18.8 Å². The molecule has 2 aromatic heterocycles. The van der Waals surface area contributed by atoms with E-state index in [1.165, 1.54) is 11.1 Å². The van der Waals surface area contributed by atoms with Crippen molar-refractivity contribution in [2.75, 3.05) is 16.8 Å². The van der Waals surface area contributed by atoms with E-state index in [1.54, 1.807) is 29.6 Å². The van der Waals surface area contributed by atoms with Gasteiger partial charge in [0.25, 0.3) is 0 Å². The number of nitrogens with two attached hydrogens (primary N) is 1. The third-order valence-electron chi connectivity index (χ3n) is 4.15. The summed E-state index contributed by atoms with van der Waals surface area (Å²) in [6.45, 7) is 3.77. The number of aryl methyl sites for hydroxylation is 2. The van der Waals surface area contributed by atoms with Crippen LogP contribution in [0, 0.1) is 6.92 Å². The summed E-state index contributed by atoms with van der Waals surface area (Å²) in [4.78, 5) is 13.5. The van der Waals surface area contributed by atoms with Crippen molar-refractivity contribution >= 4 is 35.2 Å². The normalized spacial score (nSPS) is 13.0. The van der Waals surface area contributed by atoms with Gasteiger partial charge in [-0.2, -0.15) is 0 Å². The van der Waals surface area contributed by atoms with Crippen LogP contribution in [0.15, 0.2) is 46.8 Å². The first-order valence-corrected chi connectivity index (χ1v) is 10.4. The van der Waals surface area contributed by atoms with Crippen LogP contribution in [0.25, 0.3) is 0 Å². The Labute approximate surface area is 161 Å². The van der Waals surface area contributed by atoms with Crippen LogP contribution < -0.4 is 11.1 Å². The minimum absolute atomic E-state index is 0.470. The molecule has 4 rings (SSSR count). The van der Waals surface area contributed by atoms with E-state index in [0.717, 1.165) is 34.7 Å². The monoisotopic (exact) mass is 384 g/mol. The molecule has 0 amide bonds. The molecular formula is C18H20N6S2. The van der Waals surface area contributed by atoms with Crippen LogP contribution in [0.4, 0.5) is 11.6 Å². The zero-order valence-corrected chi connectivity index (χ0v) is 16.1. The fraction of sp³-hybridized carbons (Fsp3) is 0.278. The predicted molar refractivity (Wildman–Crippen MR) is 107 cm³/mol. The Morgan fingerprint density at radius 3 is 3.00 bits per heavy atom. The third kappa shape index (κ3) is 3.96. The SMILES string of the molecule is Cc1ccccc1CSc1nc(N)cc(NCc2cn3c(n2)SCC3)n1. The predicted octanol–water partition coefficient (Wildman–Crippen LogP) is 3.57. The molecule has 26 heavy (non-hydrogen) atoms.